The Bertz CT molecular complexity index is 717. The van der Waals surface area contributed by atoms with Gasteiger partial charge in [-0.1, -0.05) is 0 Å². The summed E-state index contributed by atoms with van der Waals surface area (Å²) in [4.78, 5) is 15.3. The molecular weight excluding hydrogens is 321 g/mol. The number of amides is 1. The van der Waals surface area contributed by atoms with Crippen LogP contribution in [-0.4, -0.2) is 39.2 Å². The Morgan fingerprint density at radius 1 is 1.17 bits per heavy atom. The van der Waals surface area contributed by atoms with Gasteiger partial charge in [-0.15, -0.1) is 0 Å². The van der Waals surface area contributed by atoms with Crippen LogP contribution in [0.2, 0.25) is 0 Å². The average molecular weight is 341 g/mol. The Kier molecular flexibility index (Phi) is 4.29. The zero-order valence-corrected chi connectivity index (χ0v) is 13.6. The number of hydrogen-bond donors (Lipinski definition) is 1. The number of anilines is 2. The first-order valence-electron chi connectivity index (χ1n) is 7.73. The van der Waals surface area contributed by atoms with Gasteiger partial charge in [0.2, 0.25) is 15.9 Å². The van der Waals surface area contributed by atoms with Crippen molar-refractivity contribution in [3.05, 3.63) is 24.0 Å². The predicted octanol–water partition coefficient (Wildman–Crippen LogP) is 1.21. The van der Waals surface area contributed by atoms with Crippen molar-refractivity contribution in [3.8, 4) is 0 Å². The number of nitrogens with two attached hydrogens (primary N) is 1. The molecular formula is C15H20FN3O3S. The van der Waals surface area contributed by atoms with Crippen LogP contribution < -0.4 is 14.9 Å². The van der Waals surface area contributed by atoms with Crippen LogP contribution in [0.15, 0.2) is 18.2 Å². The molecule has 6 nitrogen and oxygen atoms in total. The molecule has 0 bridgehead atoms. The molecule has 2 heterocycles. The van der Waals surface area contributed by atoms with E-state index in [-0.39, 0.29) is 18.9 Å². The zero-order chi connectivity index (χ0) is 16.6. The number of carbonyl (C=O) groups is 1. The second kappa shape index (κ2) is 6.09. The summed E-state index contributed by atoms with van der Waals surface area (Å²) >= 11 is 0. The lowest BCUT2D eigenvalue weighted by Gasteiger charge is -2.29. The zero-order valence-electron chi connectivity index (χ0n) is 12.7. The molecule has 0 aliphatic carbocycles. The third-order valence-corrected chi connectivity index (χ3v) is 5.74. The lowest BCUT2D eigenvalue weighted by atomic mass is 10.1. The first-order valence-corrected chi connectivity index (χ1v) is 9.33. The Hall–Kier alpha value is -1.67. The summed E-state index contributed by atoms with van der Waals surface area (Å²) in [7, 11) is -3.78. The number of benzene rings is 1. The fourth-order valence-electron chi connectivity index (χ4n) is 3.20. The lowest BCUT2D eigenvalue weighted by molar-refractivity contribution is -0.117. The van der Waals surface area contributed by atoms with Gasteiger partial charge in [-0.05, 0) is 37.5 Å². The molecule has 2 saturated heterocycles. The number of rotatable bonds is 3. The maximum Gasteiger partial charge on any atom is 0.228 e. The number of primary sulfonamides is 1. The van der Waals surface area contributed by atoms with Gasteiger partial charge in [0, 0.05) is 31.7 Å². The van der Waals surface area contributed by atoms with Gasteiger partial charge in [-0.2, -0.15) is 0 Å². The molecule has 2 aliphatic heterocycles. The highest BCUT2D eigenvalue weighted by molar-refractivity contribution is 7.89. The minimum atomic E-state index is -3.78. The van der Waals surface area contributed by atoms with Gasteiger partial charge in [0.1, 0.15) is 11.1 Å². The van der Waals surface area contributed by atoms with E-state index in [0.29, 0.717) is 11.4 Å². The third kappa shape index (κ3) is 3.32. The third-order valence-electron chi connectivity index (χ3n) is 4.49. The van der Waals surface area contributed by atoms with Crippen molar-refractivity contribution in [1.29, 1.82) is 0 Å². The van der Waals surface area contributed by atoms with Gasteiger partial charge in [0.05, 0.1) is 5.69 Å². The van der Waals surface area contributed by atoms with E-state index in [2.05, 4.69) is 0 Å². The van der Waals surface area contributed by atoms with Crippen LogP contribution in [0.5, 0.6) is 0 Å². The van der Waals surface area contributed by atoms with E-state index in [0.717, 1.165) is 32.4 Å². The predicted molar refractivity (Wildman–Crippen MR) is 86.3 cm³/mol. The smallest absolute Gasteiger partial charge is 0.228 e. The van der Waals surface area contributed by atoms with E-state index in [1.807, 2.05) is 4.90 Å². The molecule has 2 N–H and O–H groups in total. The van der Waals surface area contributed by atoms with Crippen LogP contribution in [0.1, 0.15) is 25.7 Å². The number of sulfonamides is 1. The fraction of sp³-hybridized carbons (Fsp3) is 0.533. The minimum absolute atomic E-state index is 0.0276. The van der Waals surface area contributed by atoms with E-state index in [9.17, 15) is 17.6 Å². The SMILES string of the molecule is NS(=O)(=O)C1CC(=O)N(c2ccc(N3CCCCC3)c(F)c2)C1. The Morgan fingerprint density at radius 3 is 2.43 bits per heavy atom. The van der Waals surface area contributed by atoms with Gasteiger partial charge in [-0.3, -0.25) is 4.79 Å². The Balaban J connectivity index is 1.81. The van der Waals surface area contributed by atoms with E-state index < -0.39 is 21.1 Å². The topological polar surface area (TPSA) is 83.7 Å². The van der Waals surface area contributed by atoms with Crippen molar-refractivity contribution in [2.24, 2.45) is 5.14 Å². The van der Waals surface area contributed by atoms with Crippen LogP contribution in [0.25, 0.3) is 0 Å². The summed E-state index contributed by atoms with van der Waals surface area (Å²) in [6, 6.07) is 4.62. The first kappa shape index (κ1) is 16.2. The lowest BCUT2D eigenvalue weighted by Crippen LogP contribution is -2.32. The molecule has 0 spiro atoms. The quantitative estimate of drug-likeness (QED) is 0.896. The van der Waals surface area contributed by atoms with E-state index in [4.69, 9.17) is 5.14 Å². The molecule has 0 saturated carbocycles. The number of carbonyl (C=O) groups excluding carboxylic acids is 1. The van der Waals surface area contributed by atoms with Crippen LogP contribution in [0.4, 0.5) is 15.8 Å². The maximum atomic E-state index is 14.4. The molecule has 3 rings (SSSR count). The molecule has 0 radical (unpaired) electrons. The second-order valence-corrected chi connectivity index (χ2v) is 7.95. The highest BCUT2D eigenvalue weighted by Gasteiger charge is 2.37. The van der Waals surface area contributed by atoms with Crippen LogP contribution >= 0.6 is 0 Å². The highest BCUT2D eigenvalue weighted by Crippen LogP contribution is 2.30. The van der Waals surface area contributed by atoms with Crippen molar-refractivity contribution >= 4 is 27.3 Å². The Labute approximate surface area is 135 Å². The molecule has 1 unspecified atom stereocenters. The molecule has 2 fully saturated rings. The number of piperidine rings is 1. The van der Waals surface area contributed by atoms with Gasteiger partial charge in [0.15, 0.2) is 0 Å². The van der Waals surface area contributed by atoms with Gasteiger partial charge in [-0.25, -0.2) is 17.9 Å². The van der Waals surface area contributed by atoms with Crippen LogP contribution in [0, 0.1) is 5.82 Å². The molecule has 2 aliphatic rings. The summed E-state index contributed by atoms with van der Waals surface area (Å²) in [5.41, 5.74) is 0.905. The first-order chi connectivity index (χ1) is 10.9. The minimum Gasteiger partial charge on any atom is -0.369 e. The molecule has 1 aromatic rings. The molecule has 1 aromatic carbocycles. The summed E-state index contributed by atoms with van der Waals surface area (Å²) in [5, 5.41) is 4.18. The van der Waals surface area contributed by atoms with Crippen molar-refractivity contribution < 1.29 is 17.6 Å². The fourth-order valence-corrected chi connectivity index (χ4v) is 3.93. The van der Waals surface area contributed by atoms with E-state index >= 15 is 0 Å². The molecule has 126 valence electrons. The molecule has 1 atom stereocenters. The van der Waals surface area contributed by atoms with Gasteiger partial charge < -0.3 is 9.80 Å². The van der Waals surface area contributed by atoms with E-state index in [1.54, 1.807) is 12.1 Å². The molecule has 23 heavy (non-hydrogen) atoms. The van der Waals surface area contributed by atoms with Crippen LogP contribution in [0.3, 0.4) is 0 Å². The molecule has 1 amide bonds. The highest BCUT2D eigenvalue weighted by atomic mass is 32.2. The largest absolute Gasteiger partial charge is 0.369 e. The monoisotopic (exact) mass is 341 g/mol. The number of halogens is 1. The van der Waals surface area contributed by atoms with Crippen molar-refractivity contribution in [2.75, 3.05) is 29.4 Å². The Morgan fingerprint density at radius 2 is 1.87 bits per heavy atom. The molecule has 0 aromatic heterocycles. The van der Waals surface area contributed by atoms with Crippen molar-refractivity contribution in [1.82, 2.24) is 0 Å². The van der Waals surface area contributed by atoms with Crippen LogP contribution in [-0.2, 0) is 14.8 Å². The standard InChI is InChI=1S/C15H20FN3O3S/c16-13-8-11(4-5-14(13)18-6-2-1-3-7-18)19-10-12(9-15(19)20)23(17,21)22/h4-5,8,12H,1-3,6-7,9-10H2,(H2,17,21,22). The summed E-state index contributed by atoms with van der Waals surface area (Å²) in [6.07, 6.45) is 3.09. The normalized spacial score (nSPS) is 22.7. The van der Waals surface area contributed by atoms with Crippen molar-refractivity contribution in [2.45, 2.75) is 30.9 Å². The number of hydrogen-bond acceptors (Lipinski definition) is 4. The summed E-state index contributed by atoms with van der Waals surface area (Å²) in [6.45, 7) is 1.62. The van der Waals surface area contributed by atoms with Gasteiger partial charge >= 0.3 is 0 Å². The van der Waals surface area contributed by atoms with Crippen molar-refractivity contribution in [3.63, 3.8) is 0 Å². The van der Waals surface area contributed by atoms with E-state index in [1.165, 1.54) is 11.0 Å². The molecule has 8 heteroatoms. The second-order valence-electron chi connectivity index (χ2n) is 6.10. The summed E-state index contributed by atoms with van der Waals surface area (Å²) < 4.78 is 37.2. The average Bonchev–Trinajstić information content (AvgIpc) is 2.90. The maximum absolute atomic E-state index is 14.4. The summed E-state index contributed by atoms with van der Waals surface area (Å²) in [5.74, 6) is -0.745. The number of nitrogens with zero attached hydrogens (tertiary/aromatic N) is 2. The van der Waals surface area contributed by atoms with Gasteiger partial charge in [0.25, 0.3) is 0 Å².